The van der Waals surface area contributed by atoms with Crippen molar-refractivity contribution >= 4 is 96.9 Å². The molecule has 0 unspecified atom stereocenters. The van der Waals surface area contributed by atoms with Gasteiger partial charge in [-0.1, -0.05) is 109 Å². The molecule has 0 bridgehead atoms. The highest BCUT2D eigenvalue weighted by atomic mass is 32.1. The largest absolute Gasteiger partial charge is 0.309 e. The number of rotatable bonds is 4. The summed E-state index contributed by atoms with van der Waals surface area (Å²) in [6, 6.07) is 72.5. The number of aromatic nitrogens is 3. The van der Waals surface area contributed by atoms with Gasteiger partial charge in [0.25, 0.3) is 0 Å². The fraction of sp³-hybridized carbons (Fsp3) is 0. The molecular weight excluding hydrogens is 749 g/mol. The summed E-state index contributed by atoms with van der Waals surface area (Å²) in [6.07, 6.45) is 0. The van der Waals surface area contributed by atoms with Crippen molar-refractivity contribution in [1.82, 2.24) is 13.7 Å². The second kappa shape index (κ2) is 12.5. The third kappa shape index (κ3) is 4.65. The van der Waals surface area contributed by atoms with Crippen LogP contribution in [0, 0.1) is 11.3 Å². The van der Waals surface area contributed by atoms with E-state index in [4.69, 9.17) is 0 Å². The van der Waals surface area contributed by atoms with Crippen molar-refractivity contribution in [2.24, 2.45) is 0 Å². The van der Waals surface area contributed by atoms with Crippen LogP contribution in [0.2, 0.25) is 0 Å². The molecule has 0 aliphatic heterocycles. The van der Waals surface area contributed by atoms with Gasteiger partial charge in [-0.05, 0) is 96.1 Å². The van der Waals surface area contributed by atoms with Gasteiger partial charge in [0.15, 0.2) is 0 Å². The fourth-order valence-corrected chi connectivity index (χ4v) is 11.0. The Morgan fingerprint density at radius 3 is 1.68 bits per heavy atom. The summed E-state index contributed by atoms with van der Waals surface area (Å²) in [5.41, 5.74) is 13.1. The number of nitriles is 1. The first-order chi connectivity index (χ1) is 29.7. The van der Waals surface area contributed by atoms with E-state index in [1.807, 2.05) is 23.5 Å². The van der Waals surface area contributed by atoms with Crippen LogP contribution in [0.4, 0.5) is 0 Å². The van der Waals surface area contributed by atoms with E-state index >= 15 is 0 Å². The van der Waals surface area contributed by atoms with Crippen LogP contribution in [-0.2, 0) is 0 Å². The summed E-state index contributed by atoms with van der Waals surface area (Å²) in [4.78, 5) is 0. The maximum absolute atomic E-state index is 9.72. The van der Waals surface area contributed by atoms with Crippen molar-refractivity contribution in [3.8, 4) is 34.3 Å². The number of para-hydroxylation sites is 4. The highest BCUT2D eigenvalue weighted by Crippen LogP contribution is 2.44. The van der Waals surface area contributed by atoms with Gasteiger partial charge in [0.1, 0.15) is 0 Å². The first-order valence-corrected chi connectivity index (χ1v) is 21.0. The van der Waals surface area contributed by atoms with Gasteiger partial charge in [0, 0.05) is 69.6 Å². The topological polar surface area (TPSA) is 38.6 Å². The summed E-state index contributed by atoms with van der Waals surface area (Å²) in [5, 5.41) is 19.7. The van der Waals surface area contributed by atoms with E-state index in [1.54, 1.807) is 0 Å². The molecule has 5 heteroatoms. The first-order valence-electron chi connectivity index (χ1n) is 20.2. The van der Waals surface area contributed by atoms with Crippen LogP contribution in [-0.4, -0.2) is 13.7 Å². The Morgan fingerprint density at radius 2 is 0.950 bits per heavy atom. The van der Waals surface area contributed by atoms with E-state index in [0.717, 1.165) is 44.7 Å². The van der Waals surface area contributed by atoms with E-state index in [1.165, 1.54) is 69.0 Å². The van der Waals surface area contributed by atoms with Crippen LogP contribution >= 0.6 is 11.3 Å². The van der Waals surface area contributed by atoms with E-state index < -0.39 is 0 Å². The van der Waals surface area contributed by atoms with Gasteiger partial charge in [-0.15, -0.1) is 11.3 Å². The number of hydrogen-bond donors (Lipinski definition) is 0. The van der Waals surface area contributed by atoms with E-state index in [0.29, 0.717) is 5.56 Å². The van der Waals surface area contributed by atoms with Gasteiger partial charge < -0.3 is 13.7 Å². The number of fused-ring (bicyclic) bond motifs is 13. The highest BCUT2D eigenvalue weighted by molar-refractivity contribution is 7.25. The quantitative estimate of drug-likeness (QED) is 0.175. The summed E-state index contributed by atoms with van der Waals surface area (Å²) in [5.74, 6) is 0. The molecule has 60 heavy (non-hydrogen) atoms. The van der Waals surface area contributed by atoms with Crippen LogP contribution < -0.4 is 0 Å². The minimum atomic E-state index is 0.644. The molecule has 278 valence electrons. The molecule has 0 N–H and O–H groups in total. The third-order valence-corrected chi connectivity index (χ3v) is 13.6. The molecule has 0 radical (unpaired) electrons. The molecule has 9 aromatic carbocycles. The van der Waals surface area contributed by atoms with Gasteiger partial charge in [0.05, 0.1) is 44.7 Å². The normalized spacial score (nSPS) is 12.0. The van der Waals surface area contributed by atoms with Crippen molar-refractivity contribution < 1.29 is 0 Å². The van der Waals surface area contributed by atoms with Crippen molar-refractivity contribution in [2.75, 3.05) is 0 Å². The maximum Gasteiger partial charge on any atom is 0.0991 e. The van der Waals surface area contributed by atoms with Crippen LogP contribution in [0.1, 0.15) is 5.56 Å². The SMILES string of the molecule is N#Cc1ccc(-c2cc(-n3c4ccccc4c4cc5c(cc43)sc3ccccc35)cc(-n3c4ccccc4c4c3ccc3c5ccccc5n(-c5ccccc5)c34)c2)cc1. The van der Waals surface area contributed by atoms with E-state index in [2.05, 4.69) is 202 Å². The lowest BCUT2D eigenvalue weighted by Gasteiger charge is -2.16. The molecule has 0 atom stereocenters. The second-order valence-electron chi connectivity index (χ2n) is 15.6. The van der Waals surface area contributed by atoms with E-state index in [9.17, 15) is 5.26 Å². The van der Waals surface area contributed by atoms with E-state index in [-0.39, 0.29) is 0 Å². The lowest BCUT2D eigenvalue weighted by atomic mass is 10.0. The van der Waals surface area contributed by atoms with Gasteiger partial charge in [0.2, 0.25) is 0 Å². The van der Waals surface area contributed by atoms with Gasteiger partial charge >= 0.3 is 0 Å². The zero-order valence-corrected chi connectivity index (χ0v) is 33.0. The average Bonchev–Trinajstić information content (AvgIpc) is 4.04. The van der Waals surface area contributed by atoms with Crippen LogP contribution in [0.3, 0.4) is 0 Å². The summed E-state index contributed by atoms with van der Waals surface area (Å²) in [6.45, 7) is 0. The average molecular weight is 781 g/mol. The van der Waals surface area contributed by atoms with Gasteiger partial charge in [-0.3, -0.25) is 0 Å². The lowest BCUT2D eigenvalue weighted by Crippen LogP contribution is -2.00. The first kappa shape index (κ1) is 33.1. The van der Waals surface area contributed by atoms with Crippen molar-refractivity contribution in [1.29, 1.82) is 5.26 Å². The fourth-order valence-electron chi connectivity index (χ4n) is 9.85. The molecule has 13 aromatic rings. The van der Waals surface area contributed by atoms with Crippen molar-refractivity contribution in [3.05, 3.63) is 200 Å². The Bertz CT molecular complexity index is 3950. The Labute approximate surface area is 348 Å². The zero-order valence-electron chi connectivity index (χ0n) is 32.2. The molecule has 0 saturated carbocycles. The zero-order chi connectivity index (χ0) is 39.5. The molecule has 0 fully saturated rings. The van der Waals surface area contributed by atoms with Crippen molar-refractivity contribution in [2.45, 2.75) is 0 Å². The summed E-state index contributed by atoms with van der Waals surface area (Å²) >= 11 is 1.85. The molecular formula is C55H32N4S. The minimum absolute atomic E-state index is 0.644. The number of benzene rings is 9. The standard InChI is InChI=1S/C55H32N4S/c56-33-34-22-24-35(25-23-34)36-28-38(30-39(29-36)58-47-18-8-5-15-41(47)45-31-46-42-16-7-11-21-52(42)60-53(46)32-51(45)58)57-49-20-10-6-17-44(49)54-50(57)27-26-43-40-14-4-9-19-48(40)59(55(43)54)37-12-2-1-3-13-37/h1-32H. The third-order valence-electron chi connectivity index (χ3n) is 12.4. The molecule has 4 heterocycles. The van der Waals surface area contributed by atoms with Gasteiger partial charge in [-0.25, -0.2) is 0 Å². The lowest BCUT2D eigenvalue weighted by molar-refractivity contribution is 1.13. The predicted octanol–water partition coefficient (Wildman–Crippen LogP) is 14.9. The van der Waals surface area contributed by atoms with Crippen molar-refractivity contribution in [3.63, 3.8) is 0 Å². The highest BCUT2D eigenvalue weighted by Gasteiger charge is 2.22. The van der Waals surface area contributed by atoms with Crippen LogP contribution in [0.25, 0.3) is 114 Å². The molecule has 4 nitrogen and oxygen atoms in total. The molecule has 0 aliphatic rings. The molecule has 0 spiro atoms. The Balaban J connectivity index is 1.15. The summed E-state index contributed by atoms with van der Waals surface area (Å²) in [7, 11) is 0. The van der Waals surface area contributed by atoms with Crippen LogP contribution in [0.15, 0.2) is 194 Å². The summed E-state index contributed by atoms with van der Waals surface area (Å²) < 4.78 is 9.91. The molecule has 4 aromatic heterocycles. The van der Waals surface area contributed by atoms with Gasteiger partial charge in [-0.2, -0.15) is 5.26 Å². The minimum Gasteiger partial charge on any atom is -0.309 e. The second-order valence-corrected chi connectivity index (χ2v) is 16.7. The molecule has 0 saturated heterocycles. The molecule has 0 amide bonds. The van der Waals surface area contributed by atoms with Crippen LogP contribution in [0.5, 0.6) is 0 Å². The predicted molar refractivity (Wildman–Crippen MR) is 252 cm³/mol. The number of nitrogens with zero attached hydrogens (tertiary/aromatic N) is 4. The Morgan fingerprint density at radius 1 is 0.350 bits per heavy atom. The Hall–Kier alpha value is -7.91. The monoisotopic (exact) mass is 780 g/mol. The smallest absolute Gasteiger partial charge is 0.0991 e. The molecule has 0 aliphatic carbocycles. The Kier molecular flexibility index (Phi) is 6.92. The number of thiophene rings is 1. The maximum atomic E-state index is 9.72. The number of hydrogen-bond acceptors (Lipinski definition) is 2. The molecule has 13 rings (SSSR count).